The molecule has 2 N–H and O–H groups in total. The van der Waals surface area contributed by atoms with Crippen molar-refractivity contribution in [3.63, 3.8) is 0 Å². The molecule has 1 fully saturated rings. The van der Waals surface area contributed by atoms with Gasteiger partial charge in [-0.25, -0.2) is 0 Å². The van der Waals surface area contributed by atoms with Crippen molar-refractivity contribution in [3.05, 3.63) is 0 Å². The Labute approximate surface area is 89.5 Å². The van der Waals surface area contributed by atoms with Crippen LogP contribution in [0.4, 0.5) is 0 Å². The highest BCUT2D eigenvalue weighted by Gasteiger charge is 2.26. The molecule has 0 aromatic heterocycles. The minimum atomic E-state index is -0.690. The minimum Gasteiger partial charge on any atom is -0.327 e. The van der Waals surface area contributed by atoms with E-state index in [2.05, 4.69) is 18.7 Å². The summed E-state index contributed by atoms with van der Waals surface area (Å²) < 4.78 is 11.1. The number of likely N-dealkylation sites (tertiary alicyclic amines) is 1. The maximum atomic E-state index is 11.1. The topological polar surface area (TPSA) is 46.3 Å². The lowest BCUT2D eigenvalue weighted by atomic mass is 9.94. The summed E-state index contributed by atoms with van der Waals surface area (Å²) in [5, 5.41) is 0. The highest BCUT2D eigenvalue weighted by atomic mass is 32.2. The molecule has 0 aliphatic carbocycles. The second kappa shape index (κ2) is 5.24. The van der Waals surface area contributed by atoms with Crippen LogP contribution in [0.1, 0.15) is 20.3 Å². The maximum absolute atomic E-state index is 11.1. The summed E-state index contributed by atoms with van der Waals surface area (Å²) in [5.74, 6) is 1.35. The molecule has 1 rings (SSSR count). The fourth-order valence-electron chi connectivity index (χ4n) is 2.04. The third kappa shape index (κ3) is 3.33. The summed E-state index contributed by atoms with van der Waals surface area (Å²) in [5.41, 5.74) is 5.96. The van der Waals surface area contributed by atoms with Crippen LogP contribution in [0, 0.1) is 5.92 Å². The quantitative estimate of drug-likeness (QED) is 0.747. The highest BCUT2D eigenvalue weighted by molar-refractivity contribution is 7.84. The van der Waals surface area contributed by atoms with Gasteiger partial charge in [-0.15, -0.1) is 0 Å². The second-order valence-corrected chi connectivity index (χ2v) is 5.99. The second-order valence-electron chi connectivity index (χ2n) is 4.51. The Morgan fingerprint density at radius 1 is 1.64 bits per heavy atom. The van der Waals surface area contributed by atoms with Gasteiger partial charge in [0.2, 0.25) is 0 Å². The molecule has 0 bridgehead atoms. The van der Waals surface area contributed by atoms with Crippen molar-refractivity contribution in [2.45, 2.75) is 32.4 Å². The first-order valence-corrected chi connectivity index (χ1v) is 7.03. The molecule has 84 valence electrons. The first-order chi connectivity index (χ1) is 6.50. The SMILES string of the molecule is CC1CN(C(C)CS(C)=O)CCC1N. The summed E-state index contributed by atoms with van der Waals surface area (Å²) in [6.07, 6.45) is 2.84. The van der Waals surface area contributed by atoms with Gasteiger partial charge in [-0.05, 0) is 25.8 Å². The molecule has 0 aromatic rings. The molecule has 1 aliphatic rings. The number of nitrogens with two attached hydrogens (primary N) is 1. The Balaban J connectivity index is 2.41. The van der Waals surface area contributed by atoms with Crippen molar-refractivity contribution in [3.8, 4) is 0 Å². The minimum absolute atomic E-state index is 0.352. The number of hydrogen-bond acceptors (Lipinski definition) is 3. The van der Waals surface area contributed by atoms with Crippen molar-refractivity contribution in [2.24, 2.45) is 11.7 Å². The summed E-state index contributed by atoms with van der Waals surface area (Å²) in [6.45, 7) is 6.47. The van der Waals surface area contributed by atoms with Gasteiger partial charge in [-0.3, -0.25) is 9.11 Å². The normalized spacial score (nSPS) is 34.0. The van der Waals surface area contributed by atoms with E-state index in [0.29, 0.717) is 18.0 Å². The van der Waals surface area contributed by atoms with E-state index < -0.39 is 10.8 Å². The standard InChI is InChI=1S/C10H22N2OS/c1-8-6-12(5-4-10(8)11)9(2)7-14(3)13/h8-10H,4-7,11H2,1-3H3. The largest absolute Gasteiger partial charge is 0.327 e. The van der Waals surface area contributed by atoms with E-state index in [9.17, 15) is 4.21 Å². The zero-order valence-corrected chi connectivity index (χ0v) is 10.2. The van der Waals surface area contributed by atoms with E-state index in [1.54, 1.807) is 6.26 Å². The van der Waals surface area contributed by atoms with Gasteiger partial charge in [0.15, 0.2) is 0 Å². The lowest BCUT2D eigenvalue weighted by molar-refractivity contribution is 0.134. The van der Waals surface area contributed by atoms with Crippen LogP contribution in [-0.2, 0) is 10.8 Å². The molecule has 3 nitrogen and oxygen atoms in total. The molecular formula is C10H22N2OS. The van der Waals surface area contributed by atoms with Crippen LogP contribution in [0.25, 0.3) is 0 Å². The molecule has 1 saturated heterocycles. The summed E-state index contributed by atoms with van der Waals surface area (Å²) >= 11 is 0. The molecule has 0 spiro atoms. The Morgan fingerprint density at radius 3 is 2.79 bits per heavy atom. The fraction of sp³-hybridized carbons (Fsp3) is 1.00. The highest BCUT2D eigenvalue weighted by Crippen LogP contribution is 2.17. The van der Waals surface area contributed by atoms with Crippen molar-refractivity contribution in [1.82, 2.24) is 4.90 Å². The predicted molar refractivity (Wildman–Crippen MR) is 61.7 cm³/mol. The van der Waals surface area contributed by atoms with Gasteiger partial charge in [0.25, 0.3) is 0 Å². The molecule has 4 atom stereocenters. The Morgan fingerprint density at radius 2 is 2.29 bits per heavy atom. The smallest absolute Gasteiger partial charge is 0.0385 e. The lowest BCUT2D eigenvalue weighted by Crippen LogP contribution is -2.50. The van der Waals surface area contributed by atoms with Gasteiger partial charge in [0.05, 0.1) is 0 Å². The first-order valence-electron chi connectivity index (χ1n) is 5.30. The van der Waals surface area contributed by atoms with Gasteiger partial charge in [-0.1, -0.05) is 6.92 Å². The van der Waals surface area contributed by atoms with Crippen molar-refractivity contribution < 1.29 is 4.21 Å². The van der Waals surface area contributed by atoms with E-state index in [1.807, 2.05) is 0 Å². The predicted octanol–water partition coefficient (Wildman–Crippen LogP) is 0.423. The summed E-state index contributed by atoms with van der Waals surface area (Å²) in [6, 6.07) is 0.779. The van der Waals surface area contributed by atoms with Crippen molar-refractivity contribution in [1.29, 1.82) is 0 Å². The third-order valence-corrected chi connectivity index (χ3v) is 4.05. The fourth-order valence-corrected chi connectivity index (χ4v) is 2.93. The number of nitrogens with zero attached hydrogens (tertiary/aromatic N) is 1. The maximum Gasteiger partial charge on any atom is 0.0385 e. The van der Waals surface area contributed by atoms with Gasteiger partial charge in [0.1, 0.15) is 0 Å². The summed E-state index contributed by atoms with van der Waals surface area (Å²) in [7, 11) is -0.690. The molecule has 0 amide bonds. The number of hydrogen-bond donors (Lipinski definition) is 1. The van der Waals surface area contributed by atoms with Crippen LogP contribution in [0.2, 0.25) is 0 Å². The van der Waals surface area contributed by atoms with Crippen LogP contribution in [-0.4, -0.2) is 46.3 Å². The van der Waals surface area contributed by atoms with Gasteiger partial charge in [-0.2, -0.15) is 0 Å². The van der Waals surface area contributed by atoms with E-state index in [4.69, 9.17) is 5.73 Å². The molecule has 0 radical (unpaired) electrons. The van der Waals surface area contributed by atoms with Crippen molar-refractivity contribution in [2.75, 3.05) is 25.1 Å². The molecule has 14 heavy (non-hydrogen) atoms. The summed E-state index contributed by atoms with van der Waals surface area (Å²) in [4.78, 5) is 2.41. The van der Waals surface area contributed by atoms with Gasteiger partial charge < -0.3 is 5.73 Å². The first kappa shape index (κ1) is 12.1. The molecular weight excluding hydrogens is 196 g/mol. The Kier molecular flexibility index (Phi) is 4.54. The molecule has 0 saturated carbocycles. The molecule has 1 aliphatic heterocycles. The van der Waals surface area contributed by atoms with E-state index >= 15 is 0 Å². The monoisotopic (exact) mass is 218 g/mol. The zero-order chi connectivity index (χ0) is 10.7. The van der Waals surface area contributed by atoms with Gasteiger partial charge >= 0.3 is 0 Å². The van der Waals surface area contributed by atoms with Crippen molar-refractivity contribution >= 4 is 10.8 Å². The lowest BCUT2D eigenvalue weighted by Gasteiger charge is -2.38. The van der Waals surface area contributed by atoms with Crippen LogP contribution < -0.4 is 5.73 Å². The number of rotatable bonds is 3. The van der Waals surface area contributed by atoms with Crippen LogP contribution in [0.3, 0.4) is 0 Å². The Hall–Kier alpha value is 0.0700. The molecule has 0 aromatic carbocycles. The van der Waals surface area contributed by atoms with E-state index in [-0.39, 0.29) is 0 Å². The average molecular weight is 218 g/mol. The third-order valence-electron chi connectivity index (χ3n) is 3.10. The van der Waals surface area contributed by atoms with Gasteiger partial charge in [0, 0.05) is 41.4 Å². The van der Waals surface area contributed by atoms with Crippen LogP contribution in [0.5, 0.6) is 0 Å². The van der Waals surface area contributed by atoms with Crippen LogP contribution >= 0.6 is 0 Å². The van der Waals surface area contributed by atoms with E-state index in [0.717, 1.165) is 25.3 Å². The average Bonchev–Trinajstić information content (AvgIpc) is 2.08. The Bertz CT molecular complexity index is 210. The number of piperidine rings is 1. The molecule has 4 unspecified atom stereocenters. The van der Waals surface area contributed by atoms with Crippen LogP contribution in [0.15, 0.2) is 0 Å². The zero-order valence-electron chi connectivity index (χ0n) is 9.40. The van der Waals surface area contributed by atoms with E-state index in [1.165, 1.54) is 0 Å². The molecule has 4 heteroatoms. The molecule has 1 heterocycles.